The highest BCUT2D eigenvalue weighted by atomic mass is 35.5. The molecule has 4 atom stereocenters. The third-order valence-corrected chi connectivity index (χ3v) is 8.27. The van der Waals surface area contributed by atoms with Crippen molar-refractivity contribution in [3.8, 4) is 0 Å². The minimum atomic E-state index is -0.178. The number of benzene rings is 2. The van der Waals surface area contributed by atoms with Crippen LogP contribution in [0.4, 0.5) is 5.69 Å². The number of hydrogen-bond acceptors (Lipinski definition) is 4. The quantitative estimate of drug-likeness (QED) is 0.515. The molecule has 1 aliphatic carbocycles. The van der Waals surface area contributed by atoms with Crippen LogP contribution in [0.25, 0.3) is 0 Å². The van der Waals surface area contributed by atoms with Gasteiger partial charge in [0.25, 0.3) is 5.91 Å². The van der Waals surface area contributed by atoms with Crippen LogP contribution in [0.1, 0.15) is 64.1 Å². The molecule has 185 valence electrons. The van der Waals surface area contributed by atoms with Crippen LogP contribution >= 0.6 is 23.2 Å². The Bertz CT molecular complexity index is 1150. The van der Waals surface area contributed by atoms with Crippen molar-refractivity contribution in [2.24, 2.45) is 22.9 Å². The van der Waals surface area contributed by atoms with Crippen LogP contribution < -0.4 is 10.4 Å². The summed E-state index contributed by atoms with van der Waals surface area (Å²) in [5, 5.41) is 9.92. The molecule has 1 saturated carbocycles. The Morgan fingerprint density at radius 1 is 1.11 bits per heavy atom. The molecule has 1 saturated heterocycles. The van der Waals surface area contributed by atoms with E-state index in [2.05, 4.69) is 56.3 Å². The Morgan fingerprint density at radius 3 is 2.49 bits per heavy atom. The summed E-state index contributed by atoms with van der Waals surface area (Å²) in [4.78, 5) is 13.5. The van der Waals surface area contributed by atoms with Crippen LogP contribution in [-0.4, -0.2) is 29.7 Å². The first-order valence-electron chi connectivity index (χ1n) is 12.5. The number of carbonyl (C=O) groups is 1. The standard InChI is InChI=1S/C28H33Cl2N4O/c1-17-25(27(35)32-33-15-19-8-5-9-20(19)16-33)31-34(24-12-11-22(29)14-23(24)30)26(17)18-7-6-10-21(13-18)28(2,3)4/h6-7,11-14,17,19-20,26H,5,8-9,15-16H2,1-4H3,(H,32,35). The molecule has 35 heavy (non-hydrogen) atoms. The fourth-order valence-corrected chi connectivity index (χ4v) is 6.31. The molecule has 2 aromatic carbocycles. The van der Waals surface area contributed by atoms with Gasteiger partial charge in [0, 0.05) is 24.0 Å². The van der Waals surface area contributed by atoms with Gasteiger partial charge in [0.2, 0.25) is 0 Å². The second-order valence-corrected chi connectivity index (χ2v) is 12.1. The number of carbonyl (C=O) groups excluding carboxylic acids is 1. The van der Waals surface area contributed by atoms with Gasteiger partial charge in [-0.3, -0.25) is 15.2 Å². The summed E-state index contributed by atoms with van der Waals surface area (Å²) in [6.45, 7) is 10.5. The molecule has 5 rings (SSSR count). The summed E-state index contributed by atoms with van der Waals surface area (Å²) in [5.41, 5.74) is 6.56. The zero-order valence-electron chi connectivity index (χ0n) is 20.8. The molecule has 3 aliphatic rings. The van der Waals surface area contributed by atoms with Gasteiger partial charge in [-0.05, 0) is 65.5 Å². The summed E-state index contributed by atoms with van der Waals surface area (Å²) in [6.07, 6.45) is 3.84. The zero-order valence-corrected chi connectivity index (χ0v) is 22.3. The number of halogens is 2. The van der Waals surface area contributed by atoms with Crippen LogP contribution in [0.15, 0.2) is 41.5 Å². The average molecular weight is 513 g/mol. The van der Waals surface area contributed by atoms with Crippen molar-refractivity contribution in [1.29, 1.82) is 0 Å². The predicted octanol–water partition coefficient (Wildman–Crippen LogP) is 6.41. The highest BCUT2D eigenvalue weighted by molar-refractivity contribution is 6.41. The second-order valence-electron chi connectivity index (χ2n) is 11.2. The molecule has 1 radical (unpaired) electrons. The third-order valence-electron chi connectivity index (χ3n) is 7.73. The van der Waals surface area contributed by atoms with Crippen LogP contribution in [0, 0.1) is 23.8 Å². The molecule has 2 heterocycles. The van der Waals surface area contributed by atoms with Crippen molar-refractivity contribution >= 4 is 40.5 Å². The fourth-order valence-electron chi connectivity index (χ4n) is 5.81. The molecule has 0 aromatic heterocycles. The minimum absolute atomic E-state index is 0.0462. The molecule has 4 unspecified atom stereocenters. The van der Waals surface area contributed by atoms with Gasteiger partial charge < -0.3 is 0 Å². The molecule has 1 amide bonds. The van der Waals surface area contributed by atoms with Crippen molar-refractivity contribution in [1.82, 2.24) is 10.4 Å². The smallest absolute Gasteiger partial charge is 0.282 e. The monoisotopic (exact) mass is 511 g/mol. The number of hydrazone groups is 1. The topological polar surface area (TPSA) is 47.9 Å². The lowest BCUT2D eigenvalue weighted by Gasteiger charge is -2.29. The maximum absolute atomic E-state index is 13.5. The highest BCUT2D eigenvalue weighted by Gasteiger charge is 2.42. The number of hydrogen-bond donors (Lipinski definition) is 1. The molecular formula is C28H33Cl2N4O. The summed E-state index contributed by atoms with van der Waals surface area (Å²) < 4.78 is 0. The predicted molar refractivity (Wildman–Crippen MR) is 143 cm³/mol. The normalized spacial score (nSPS) is 26.7. The molecule has 2 aliphatic heterocycles. The summed E-state index contributed by atoms with van der Waals surface area (Å²) in [7, 11) is 0. The first-order chi connectivity index (χ1) is 16.6. The van der Waals surface area contributed by atoms with Gasteiger partial charge in [-0.25, -0.2) is 5.01 Å². The Kier molecular flexibility index (Phi) is 6.62. The van der Waals surface area contributed by atoms with Gasteiger partial charge >= 0.3 is 0 Å². The Labute approximate surface area is 218 Å². The van der Waals surface area contributed by atoms with Gasteiger partial charge in [0.15, 0.2) is 0 Å². The van der Waals surface area contributed by atoms with Crippen LogP contribution in [0.5, 0.6) is 0 Å². The zero-order chi connectivity index (χ0) is 24.9. The number of anilines is 1. The van der Waals surface area contributed by atoms with Gasteiger partial charge in [-0.15, -0.1) is 0 Å². The Balaban J connectivity index is 1.47. The van der Waals surface area contributed by atoms with Crippen LogP contribution in [0.2, 0.25) is 10.0 Å². The first-order valence-corrected chi connectivity index (χ1v) is 13.3. The Morgan fingerprint density at radius 2 is 1.83 bits per heavy atom. The maximum atomic E-state index is 13.5. The molecule has 2 fully saturated rings. The number of hydrazine groups is 1. The van der Waals surface area contributed by atoms with Crippen molar-refractivity contribution in [2.45, 2.75) is 58.4 Å². The van der Waals surface area contributed by atoms with Gasteiger partial charge in [-0.2, -0.15) is 5.10 Å². The maximum Gasteiger partial charge on any atom is 0.282 e. The van der Waals surface area contributed by atoms with E-state index in [0.717, 1.165) is 29.9 Å². The van der Waals surface area contributed by atoms with E-state index in [-0.39, 0.29) is 23.3 Å². The van der Waals surface area contributed by atoms with E-state index >= 15 is 0 Å². The van der Waals surface area contributed by atoms with E-state index in [9.17, 15) is 4.79 Å². The number of amides is 1. The lowest BCUT2D eigenvalue weighted by molar-refractivity contribution is -0.119. The molecule has 1 N–H and O–H groups in total. The van der Waals surface area contributed by atoms with Crippen LogP contribution in [0.3, 0.4) is 0 Å². The number of nitrogens with zero attached hydrogens (tertiary/aromatic N) is 3. The number of nitrogens with one attached hydrogen (secondary N) is 1. The Hall–Kier alpha value is -2.08. The van der Waals surface area contributed by atoms with Gasteiger partial charge in [0.1, 0.15) is 5.71 Å². The molecule has 5 nitrogen and oxygen atoms in total. The van der Waals surface area contributed by atoms with E-state index in [1.165, 1.54) is 19.3 Å². The van der Waals surface area contributed by atoms with Crippen LogP contribution in [-0.2, 0) is 10.2 Å². The summed E-state index contributed by atoms with van der Waals surface area (Å²) in [6, 6.07) is 14.8. The molecule has 2 aromatic rings. The minimum Gasteiger partial charge on any atom is -0.284 e. The lowest BCUT2D eigenvalue weighted by atomic mass is 9.83. The SMILES string of the molecule is CC1C(C(=O)NN2CC3CCCC3C2)=NN(c2ccc(Cl)cc2Cl)C1c1cc[c]c(C(C)(C)C)c1. The first kappa shape index (κ1) is 24.6. The lowest BCUT2D eigenvalue weighted by Crippen LogP contribution is -2.45. The largest absolute Gasteiger partial charge is 0.284 e. The second kappa shape index (κ2) is 9.42. The van der Waals surface area contributed by atoms with Crippen molar-refractivity contribution in [3.63, 3.8) is 0 Å². The summed E-state index contributed by atoms with van der Waals surface area (Å²) in [5.74, 6) is 1.13. The molecule has 0 bridgehead atoms. The van der Waals surface area contributed by atoms with Gasteiger partial charge in [-0.1, -0.05) is 75.5 Å². The van der Waals surface area contributed by atoms with Gasteiger partial charge in [0.05, 0.1) is 16.8 Å². The highest BCUT2D eigenvalue weighted by Crippen LogP contribution is 2.43. The van der Waals surface area contributed by atoms with E-state index in [1.807, 2.05) is 17.1 Å². The van der Waals surface area contributed by atoms with Crippen molar-refractivity contribution in [2.75, 3.05) is 18.1 Å². The number of rotatable bonds is 4. The molecule has 7 heteroatoms. The van der Waals surface area contributed by atoms with Crippen molar-refractivity contribution in [3.05, 3.63) is 63.6 Å². The molecular weight excluding hydrogens is 479 g/mol. The van der Waals surface area contributed by atoms with E-state index in [1.54, 1.807) is 12.1 Å². The fraction of sp³-hybridized carbons (Fsp3) is 0.500. The third kappa shape index (κ3) is 4.83. The van der Waals surface area contributed by atoms with E-state index in [0.29, 0.717) is 27.6 Å². The van der Waals surface area contributed by atoms with Crippen molar-refractivity contribution < 1.29 is 4.79 Å². The number of fused-ring (bicyclic) bond motifs is 1. The van der Waals surface area contributed by atoms with E-state index < -0.39 is 0 Å². The summed E-state index contributed by atoms with van der Waals surface area (Å²) >= 11 is 12.8. The van der Waals surface area contributed by atoms with E-state index in [4.69, 9.17) is 28.3 Å². The molecule has 0 spiro atoms. The average Bonchev–Trinajstić information content (AvgIpc) is 3.47.